The lowest BCUT2D eigenvalue weighted by Crippen LogP contribution is -2.41. The van der Waals surface area contributed by atoms with Crippen LogP contribution in [0.1, 0.15) is 29.7 Å². The molecule has 0 spiro atoms. The molecule has 8 nitrogen and oxygen atoms in total. The molecule has 4 rings (SSSR count). The minimum absolute atomic E-state index is 0.117. The summed E-state index contributed by atoms with van der Waals surface area (Å²) in [5.41, 5.74) is 3.93. The van der Waals surface area contributed by atoms with Crippen molar-refractivity contribution >= 4 is 21.7 Å². The molecule has 168 valence electrons. The molecule has 0 saturated carbocycles. The van der Waals surface area contributed by atoms with Gasteiger partial charge in [0.15, 0.2) is 0 Å². The van der Waals surface area contributed by atoms with Crippen molar-refractivity contribution < 1.29 is 13.2 Å². The minimum atomic E-state index is -3.59. The lowest BCUT2D eigenvalue weighted by atomic mass is 9.97. The number of aromatic nitrogens is 3. The molecule has 1 aliphatic heterocycles. The molecular weight excluding hydrogens is 426 g/mol. The Kier molecular flexibility index (Phi) is 6.12. The summed E-state index contributed by atoms with van der Waals surface area (Å²) in [6.45, 7) is 6.53. The second kappa shape index (κ2) is 8.84. The highest BCUT2D eigenvalue weighted by Crippen LogP contribution is 2.26. The Morgan fingerprint density at radius 2 is 1.75 bits per heavy atom. The van der Waals surface area contributed by atoms with E-state index < -0.39 is 10.0 Å². The Labute approximate surface area is 188 Å². The van der Waals surface area contributed by atoms with E-state index in [1.807, 2.05) is 39.0 Å². The number of nitrogens with one attached hydrogen (secondary N) is 1. The number of benzene rings is 1. The summed E-state index contributed by atoms with van der Waals surface area (Å²) >= 11 is 0. The van der Waals surface area contributed by atoms with E-state index in [-0.39, 0.29) is 16.7 Å². The quantitative estimate of drug-likeness (QED) is 0.640. The first kappa shape index (κ1) is 22.2. The van der Waals surface area contributed by atoms with Gasteiger partial charge in [0.25, 0.3) is 0 Å². The molecule has 0 atom stereocenters. The van der Waals surface area contributed by atoms with Crippen molar-refractivity contribution in [1.82, 2.24) is 19.1 Å². The Bertz CT molecular complexity index is 1210. The molecule has 0 radical (unpaired) electrons. The van der Waals surface area contributed by atoms with Crippen molar-refractivity contribution in [3.63, 3.8) is 0 Å². The van der Waals surface area contributed by atoms with Crippen molar-refractivity contribution in [1.29, 1.82) is 0 Å². The Balaban J connectivity index is 1.45. The summed E-state index contributed by atoms with van der Waals surface area (Å²) in [5.74, 6) is 0.232. The fourth-order valence-corrected chi connectivity index (χ4v) is 5.53. The molecule has 1 aromatic carbocycles. The van der Waals surface area contributed by atoms with Crippen LogP contribution in [0.3, 0.4) is 0 Å². The summed E-state index contributed by atoms with van der Waals surface area (Å²) in [5, 5.41) is 7.56. The van der Waals surface area contributed by atoms with E-state index in [1.165, 1.54) is 16.6 Å². The number of hydrogen-bond donors (Lipinski definition) is 1. The number of anilines is 1. The second-order valence-electron chi connectivity index (χ2n) is 8.29. The number of nitrogens with zero attached hydrogens (tertiary/aromatic N) is 4. The van der Waals surface area contributed by atoms with Gasteiger partial charge in [-0.3, -0.25) is 9.78 Å². The third-order valence-corrected chi connectivity index (χ3v) is 7.51. The third-order valence-electron chi connectivity index (χ3n) is 5.63. The maximum atomic E-state index is 13.0. The van der Waals surface area contributed by atoms with E-state index >= 15 is 0 Å². The summed E-state index contributed by atoms with van der Waals surface area (Å²) in [4.78, 5) is 17.1. The molecule has 0 unspecified atom stereocenters. The number of sulfonamides is 1. The van der Waals surface area contributed by atoms with Crippen molar-refractivity contribution in [2.24, 2.45) is 5.92 Å². The smallest absolute Gasteiger partial charge is 0.244 e. The molecule has 0 aliphatic carbocycles. The number of pyridine rings is 1. The number of rotatable bonds is 5. The SMILES string of the molecule is Cc1cc(C)cc(-n2nc(C)cc2NC(=O)C2CCN(S(=O)(=O)c3cccnc3)CC2)c1. The predicted octanol–water partition coefficient (Wildman–Crippen LogP) is 3.23. The minimum Gasteiger partial charge on any atom is -0.310 e. The van der Waals surface area contributed by atoms with Crippen molar-refractivity contribution in [2.45, 2.75) is 38.5 Å². The highest BCUT2D eigenvalue weighted by atomic mass is 32.2. The number of hydrogen-bond acceptors (Lipinski definition) is 5. The van der Waals surface area contributed by atoms with Gasteiger partial charge < -0.3 is 5.32 Å². The first-order chi connectivity index (χ1) is 15.2. The van der Waals surface area contributed by atoms with Gasteiger partial charge in [-0.1, -0.05) is 6.07 Å². The summed E-state index contributed by atoms with van der Waals surface area (Å²) in [6.07, 6.45) is 3.81. The molecule has 1 aliphatic rings. The summed E-state index contributed by atoms with van der Waals surface area (Å²) in [7, 11) is -3.59. The van der Waals surface area contributed by atoms with Crippen LogP contribution in [0.5, 0.6) is 0 Å². The van der Waals surface area contributed by atoms with Gasteiger partial charge in [0.05, 0.1) is 11.4 Å². The first-order valence-corrected chi connectivity index (χ1v) is 12.0. The Hall–Kier alpha value is -3.04. The van der Waals surface area contributed by atoms with Crippen molar-refractivity contribution in [3.05, 3.63) is 65.6 Å². The van der Waals surface area contributed by atoms with E-state index in [2.05, 4.69) is 21.5 Å². The van der Waals surface area contributed by atoms with E-state index in [9.17, 15) is 13.2 Å². The van der Waals surface area contributed by atoms with Crippen LogP contribution < -0.4 is 5.32 Å². The maximum Gasteiger partial charge on any atom is 0.244 e. The average Bonchev–Trinajstić information content (AvgIpc) is 3.13. The van der Waals surface area contributed by atoms with Crippen LogP contribution in [0, 0.1) is 26.7 Å². The number of carbonyl (C=O) groups excluding carboxylic acids is 1. The number of aryl methyl sites for hydroxylation is 3. The fraction of sp³-hybridized carbons (Fsp3) is 0.348. The molecule has 3 heterocycles. The standard InChI is InChI=1S/C23H27N5O3S/c1-16-11-17(2)13-20(12-16)28-22(14-18(3)26-28)25-23(29)19-6-9-27(10-7-19)32(30,31)21-5-4-8-24-15-21/h4-5,8,11-15,19H,6-7,9-10H2,1-3H3,(H,25,29). The van der Waals surface area contributed by atoms with E-state index in [1.54, 1.807) is 16.9 Å². The van der Waals surface area contributed by atoms with Crippen LogP contribution in [0.15, 0.2) is 53.7 Å². The molecule has 3 aromatic rings. The normalized spacial score (nSPS) is 15.6. The second-order valence-corrected chi connectivity index (χ2v) is 10.2. The molecule has 2 aromatic heterocycles. The molecule has 0 bridgehead atoms. The topological polar surface area (TPSA) is 97.2 Å². The summed E-state index contributed by atoms with van der Waals surface area (Å²) < 4.78 is 28.7. The van der Waals surface area contributed by atoms with Crippen molar-refractivity contribution in [3.8, 4) is 5.69 Å². The Morgan fingerprint density at radius 3 is 2.38 bits per heavy atom. The molecule has 1 fully saturated rings. The zero-order valence-corrected chi connectivity index (χ0v) is 19.3. The van der Waals surface area contributed by atoms with Crippen molar-refractivity contribution in [2.75, 3.05) is 18.4 Å². The maximum absolute atomic E-state index is 13.0. The zero-order chi connectivity index (χ0) is 22.9. The number of carbonyl (C=O) groups is 1. The van der Waals surface area contributed by atoms with E-state index in [4.69, 9.17) is 0 Å². The highest BCUT2D eigenvalue weighted by Gasteiger charge is 2.32. The predicted molar refractivity (Wildman–Crippen MR) is 122 cm³/mol. The molecular formula is C23H27N5O3S. The van der Waals surface area contributed by atoms with Gasteiger partial charge in [0.1, 0.15) is 10.7 Å². The molecule has 32 heavy (non-hydrogen) atoms. The van der Waals surface area contributed by atoms with Gasteiger partial charge in [0.2, 0.25) is 15.9 Å². The highest BCUT2D eigenvalue weighted by molar-refractivity contribution is 7.89. The summed E-state index contributed by atoms with van der Waals surface area (Å²) in [6, 6.07) is 11.1. The van der Waals surface area contributed by atoms with Gasteiger partial charge in [0, 0.05) is 37.5 Å². The van der Waals surface area contributed by atoms with E-state index in [0.29, 0.717) is 31.7 Å². The molecule has 1 saturated heterocycles. The van der Waals surface area contributed by atoms with Crippen LogP contribution in [-0.2, 0) is 14.8 Å². The van der Waals surface area contributed by atoms with Gasteiger partial charge in [-0.2, -0.15) is 9.40 Å². The molecule has 1 amide bonds. The van der Waals surface area contributed by atoms with Gasteiger partial charge in [-0.25, -0.2) is 13.1 Å². The Morgan fingerprint density at radius 1 is 1.06 bits per heavy atom. The van der Waals surface area contributed by atoms with Crippen LogP contribution in [0.2, 0.25) is 0 Å². The van der Waals surface area contributed by atoms with Gasteiger partial charge in [-0.05, 0) is 69.0 Å². The third kappa shape index (κ3) is 4.58. The first-order valence-electron chi connectivity index (χ1n) is 10.6. The monoisotopic (exact) mass is 453 g/mol. The van der Waals surface area contributed by atoms with E-state index in [0.717, 1.165) is 22.5 Å². The average molecular weight is 454 g/mol. The lowest BCUT2D eigenvalue weighted by Gasteiger charge is -2.30. The zero-order valence-electron chi connectivity index (χ0n) is 18.4. The van der Waals surface area contributed by atoms with Crippen LogP contribution >= 0.6 is 0 Å². The van der Waals surface area contributed by atoms with Crippen LogP contribution in [-0.4, -0.2) is 46.5 Å². The molecule has 1 N–H and O–H groups in total. The number of piperidine rings is 1. The largest absolute Gasteiger partial charge is 0.310 e. The fourth-order valence-electron chi connectivity index (χ4n) is 4.09. The van der Waals surface area contributed by atoms with Gasteiger partial charge >= 0.3 is 0 Å². The molecule has 9 heteroatoms. The van der Waals surface area contributed by atoms with Crippen LogP contribution in [0.4, 0.5) is 5.82 Å². The lowest BCUT2D eigenvalue weighted by molar-refractivity contribution is -0.120. The number of amides is 1. The van der Waals surface area contributed by atoms with Gasteiger partial charge in [-0.15, -0.1) is 0 Å². The van der Waals surface area contributed by atoms with Crippen LogP contribution in [0.25, 0.3) is 5.69 Å².